The Bertz CT molecular complexity index is 929. The van der Waals surface area contributed by atoms with Crippen LogP contribution in [0.1, 0.15) is 22.3 Å². The van der Waals surface area contributed by atoms with E-state index >= 15 is 0 Å². The second-order valence-corrected chi connectivity index (χ2v) is 9.27. The van der Waals surface area contributed by atoms with Gasteiger partial charge in [-0.1, -0.05) is 35.3 Å². The van der Waals surface area contributed by atoms with Crippen molar-refractivity contribution in [3.63, 3.8) is 0 Å². The van der Waals surface area contributed by atoms with Crippen LogP contribution in [-0.2, 0) is 16.4 Å². The zero-order valence-electron chi connectivity index (χ0n) is 13.7. The van der Waals surface area contributed by atoms with E-state index in [4.69, 9.17) is 23.2 Å². The highest BCUT2D eigenvalue weighted by molar-refractivity contribution is 7.91. The first-order valence-electron chi connectivity index (χ1n) is 7.97. The van der Waals surface area contributed by atoms with Gasteiger partial charge in [-0.2, -0.15) is 0 Å². The molecule has 0 spiro atoms. The van der Waals surface area contributed by atoms with Crippen molar-refractivity contribution in [2.24, 2.45) is 0 Å². The van der Waals surface area contributed by atoms with E-state index < -0.39 is 27.6 Å². The molecule has 1 aliphatic rings. The van der Waals surface area contributed by atoms with Crippen LogP contribution in [0.5, 0.6) is 0 Å². The van der Waals surface area contributed by atoms with Crippen LogP contribution in [0.4, 0.5) is 4.39 Å². The summed E-state index contributed by atoms with van der Waals surface area (Å²) in [6, 6.07) is 10.1. The van der Waals surface area contributed by atoms with E-state index in [-0.39, 0.29) is 28.6 Å². The molecule has 1 amide bonds. The SMILES string of the molecule is O=C(c1cccc(Cl)c1)N(Cc1c(F)cccc1Cl)C1CCS(=O)(=O)C1. The normalized spacial score (nSPS) is 18.7. The fraction of sp³-hybridized carbons (Fsp3) is 0.278. The molecule has 3 rings (SSSR count). The van der Waals surface area contributed by atoms with Crippen LogP contribution < -0.4 is 0 Å². The molecule has 0 aliphatic carbocycles. The Morgan fingerprint density at radius 3 is 2.54 bits per heavy atom. The van der Waals surface area contributed by atoms with Crippen molar-refractivity contribution in [2.45, 2.75) is 19.0 Å². The van der Waals surface area contributed by atoms with Gasteiger partial charge in [-0.05, 0) is 36.8 Å². The number of rotatable bonds is 4. The Morgan fingerprint density at radius 1 is 1.19 bits per heavy atom. The number of sulfone groups is 1. The lowest BCUT2D eigenvalue weighted by molar-refractivity contribution is 0.0679. The Hall–Kier alpha value is -1.63. The Balaban J connectivity index is 1.98. The molecule has 4 nitrogen and oxygen atoms in total. The molecular formula is C18H16Cl2FNO3S. The van der Waals surface area contributed by atoms with Crippen LogP contribution in [0, 0.1) is 5.82 Å². The molecule has 1 heterocycles. The van der Waals surface area contributed by atoms with Crippen LogP contribution in [0.3, 0.4) is 0 Å². The number of halogens is 3. The van der Waals surface area contributed by atoms with E-state index in [9.17, 15) is 17.6 Å². The van der Waals surface area contributed by atoms with Gasteiger partial charge < -0.3 is 4.90 Å². The fourth-order valence-corrected chi connectivity index (χ4v) is 5.17. The van der Waals surface area contributed by atoms with E-state index in [1.54, 1.807) is 18.2 Å². The van der Waals surface area contributed by atoms with Gasteiger partial charge in [0.05, 0.1) is 18.1 Å². The number of nitrogens with zero attached hydrogens (tertiary/aromatic N) is 1. The molecule has 1 unspecified atom stereocenters. The molecule has 0 aromatic heterocycles. The van der Waals surface area contributed by atoms with E-state index in [0.717, 1.165) is 0 Å². The molecule has 8 heteroatoms. The second kappa shape index (κ2) is 7.55. The van der Waals surface area contributed by atoms with Gasteiger partial charge >= 0.3 is 0 Å². The molecule has 2 aromatic carbocycles. The minimum Gasteiger partial charge on any atom is -0.330 e. The molecule has 0 bridgehead atoms. The molecule has 0 N–H and O–H groups in total. The number of carbonyl (C=O) groups is 1. The minimum absolute atomic E-state index is 0.00198. The number of hydrogen-bond donors (Lipinski definition) is 0. The lowest BCUT2D eigenvalue weighted by Gasteiger charge is -2.29. The van der Waals surface area contributed by atoms with E-state index in [1.807, 2.05) is 0 Å². The maximum Gasteiger partial charge on any atom is 0.254 e. The summed E-state index contributed by atoms with van der Waals surface area (Å²) in [7, 11) is -3.22. The molecular weight excluding hydrogens is 400 g/mol. The summed E-state index contributed by atoms with van der Waals surface area (Å²) in [5.74, 6) is -1.09. The quantitative estimate of drug-likeness (QED) is 0.758. The summed E-state index contributed by atoms with van der Waals surface area (Å²) in [6.07, 6.45) is 0.306. The third-order valence-electron chi connectivity index (χ3n) is 4.37. The summed E-state index contributed by atoms with van der Waals surface area (Å²) in [5, 5.41) is 0.577. The number of amides is 1. The summed E-state index contributed by atoms with van der Waals surface area (Å²) in [6.45, 7) is -0.114. The van der Waals surface area contributed by atoms with Crippen molar-refractivity contribution in [3.05, 3.63) is 69.5 Å². The van der Waals surface area contributed by atoms with Gasteiger partial charge in [0.15, 0.2) is 9.84 Å². The third-order valence-corrected chi connectivity index (χ3v) is 6.71. The molecule has 0 saturated carbocycles. The number of hydrogen-bond acceptors (Lipinski definition) is 3. The van der Waals surface area contributed by atoms with Gasteiger partial charge in [-0.3, -0.25) is 4.79 Å². The van der Waals surface area contributed by atoms with Gasteiger partial charge in [0.2, 0.25) is 0 Å². The summed E-state index contributed by atoms with van der Waals surface area (Å²) >= 11 is 12.1. The smallest absolute Gasteiger partial charge is 0.254 e. The van der Waals surface area contributed by atoms with Crippen molar-refractivity contribution >= 4 is 38.9 Å². The third kappa shape index (κ3) is 4.19. The molecule has 1 fully saturated rings. The zero-order chi connectivity index (χ0) is 18.9. The maximum atomic E-state index is 14.2. The molecule has 1 atom stereocenters. The topological polar surface area (TPSA) is 54.5 Å². The van der Waals surface area contributed by atoms with Gasteiger partial charge in [0, 0.05) is 27.2 Å². The average Bonchev–Trinajstić information content (AvgIpc) is 2.94. The average molecular weight is 416 g/mol. The Morgan fingerprint density at radius 2 is 1.92 bits per heavy atom. The highest BCUT2D eigenvalue weighted by Crippen LogP contribution is 2.27. The van der Waals surface area contributed by atoms with E-state index in [2.05, 4.69) is 0 Å². The van der Waals surface area contributed by atoms with Crippen LogP contribution in [0.15, 0.2) is 42.5 Å². The fourth-order valence-electron chi connectivity index (χ4n) is 3.03. The van der Waals surface area contributed by atoms with Gasteiger partial charge in [-0.15, -0.1) is 0 Å². The van der Waals surface area contributed by atoms with Crippen molar-refractivity contribution in [1.29, 1.82) is 0 Å². The first-order chi connectivity index (χ1) is 12.3. The molecule has 26 heavy (non-hydrogen) atoms. The Kier molecular flexibility index (Phi) is 5.55. The van der Waals surface area contributed by atoms with Gasteiger partial charge in [-0.25, -0.2) is 12.8 Å². The summed E-state index contributed by atoms with van der Waals surface area (Å²) in [4.78, 5) is 14.4. The summed E-state index contributed by atoms with van der Waals surface area (Å²) in [5.41, 5.74) is 0.475. The van der Waals surface area contributed by atoms with Crippen molar-refractivity contribution < 1.29 is 17.6 Å². The first kappa shape index (κ1) is 19.1. The molecule has 1 aliphatic heterocycles. The lowest BCUT2D eigenvalue weighted by atomic mass is 10.1. The lowest BCUT2D eigenvalue weighted by Crippen LogP contribution is -2.41. The molecule has 1 saturated heterocycles. The maximum absolute atomic E-state index is 14.2. The van der Waals surface area contributed by atoms with Crippen molar-refractivity contribution in [1.82, 2.24) is 4.90 Å². The van der Waals surface area contributed by atoms with E-state index in [0.29, 0.717) is 17.0 Å². The second-order valence-electron chi connectivity index (χ2n) is 6.20. The monoisotopic (exact) mass is 415 g/mol. The largest absolute Gasteiger partial charge is 0.330 e. The van der Waals surface area contributed by atoms with Crippen LogP contribution in [0.2, 0.25) is 10.0 Å². The molecule has 0 radical (unpaired) electrons. The Labute approximate surface area is 161 Å². The molecule has 2 aromatic rings. The number of benzene rings is 2. The van der Waals surface area contributed by atoms with Gasteiger partial charge in [0.25, 0.3) is 5.91 Å². The standard InChI is InChI=1S/C18H16Cl2FNO3S/c19-13-4-1-3-12(9-13)18(23)22(14-7-8-26(24,25)11-14)10-15-16(20)5-2-6-17(15)21/h1-6,9,14H,7-8,10-11H2. The van der Waals surface area contributed by atoms with Crippen molar-refractivity contribution in [2.75, 3.05) is 11.5 Å². The predicted molar refractivity (Wildman–Crippen MR) is 99.8 cm³/mol. The zero-order valence-corrected chi connectivity index (χ0v) is 16.0. The highest BCUT2D eigenvalue weighted by atomic mass is 35.5. The number of carbonyl (C=O) groups excluding carboxylic acids is 1. The van der Waals surface area contributed by atoms with Crippen LogP contribution >= 0.6 is 23.2 Å². The van der Waals surface area contributed by atoms with Crippen LogP contribution in [0.25, 0.3) is 0 Å². The summed E-state index contributed by atoms with van der Waals surface area (Å²) < 4.78 is 38.0. The minimum atomic E-state index is -3.22. The predicted octanol–water partition coefficient (Wildman–Crippen LogP) is 3.96. The highest BCUT2D eigenvalue weighted by Gasteiger charge is 2.35. The van der Waals surface area contributed by atoms with Crippen LogP contribution in [-0.4, -0.2) is 36.8 Å². The molecule has 138 valence electrons. The van der Waals surface area contributed by atoms with E-state index in [1.165, 1.54) is 29.2 Å². The van der Waals surface area contributed by atoms with Gasteiger partial charge in [0.1, 0.15) is 5.82 Å². The van der Waals surface area contributed by atoms with Crippen molar-refractivity contribution in [3.8, 4) is 0 Å². The first-order valence-corrected chi connectivity index (χ1v) is 10.5.